The van der Waals surface area contributed by atoms with Crippen LogP contribution in [0.25, 0.3) is 0 Å². The molecule has 0 N–H and O–H groups in total. The maximum atomic E-state index is 12.9. The van der Waals surface area contributed by atoms with Gasteiger partial charge < -0.3 is 9.80 Å². The van der Waals surface area contributed by atoms with E-state index in [4.69, 9.17) is 0 Å². The predicted molar refractivity (Wildman–Crippen MR) is 74.4 cm³/mol. The summed E-state index contributed by atoms with van der Waals surface area (Å²) < 4.78 is 16.6. The number of piperazine rings is 1. The highest BCUT2D eigenvalue weighted by molar-refractivity contribution is 7.03. The van der Waals surface area contributed by atoms with Crippen molar-refractivity contribution in [3.8, 4) is 0 Å². The van der Waals surface area contributed by atoms with Gasteiger partial charge >= 0.3 is 0 Å². The van der Waals surface area contributed by atoms with Crippen molar-refractivity contribution >= 4 is 23.1 Å². The maximum Gasteiger partial charge on any atom is 0.275 e. The van der Waals surface area contributed by atoms with Crippen molar-refractivity contribution in [2.24, 2.45) is 0 Å². The minimum atomic E-state index is -0.237. The first-order chi connectivity index (χ1) is 9.74. The Morgan fingerprint density at radius 3 is 2.45 bits per heavy atom. The lowest BCUT2D eigenvalue weighted by Crippen LogP contribution is -2.48. The molecule has 7 heteroatoms. The molecule has 0 aliphatic carbocycles. The summed E-state index contributed by atoms with van der Waals surface area (Å²) in [6.45, 7) is 2.73. The van der Waals surface area contributed by atoms with Crippen molar-refractivity contribution in [3.63, 3.8) is 0 Å². The second-order valence-corrected chi connectivity index (χ2v) is 5.16. The molecule has 0 saturated carbocycles. The van der Waals surface area contributed by atoms with Crippen LogP contribution in [0.3, 0.4) is 0 Å². The van der Waals surface area contributed by atoms with Crippen molar-refractivity contribution in [2.45, 2.75) is 0 Å². The zero-order valence-corrected chi connectivity index (χ0v) is 11.5. The number of halogens is 1. The van der Waals surface area contributed by atoms with E-state index in [0.717, 1.165) is 18.8 Å². The molecule has 1 saturated heterocycles. The van der Waals surface area contributed by atoms with Crippen molar-refractivity contribution in [2.75, 3.05) is 31.1 Å². The number of hydrogen-bond acceptors (Lipinski definition) is 5. The van der Waals surface area contributed by atoms with Crippen LogP contribution in [0.5, 0.6) is 0 Å². The highest BCUT2D eigenvalue weighted by atomic mass is 32.1. The minimum absolute atomic E-state index is 0.0718. The van der Waals surface area contributed by atoms with Gasteiger partial charge in [0.1, 0.15) is 5.82 Å². The third-order valence-electron chi connectivity index (χ3n) is 3.34. The Morgan fingerprint density at radius 1 is 1.15 bits per heavy atom. The fourth-order valence-corrected chi connectivity index (χ4v) is 2.67. The third-order valence-corrected chi connectivity index (χ3v) is 3.84. The summed E-state index contributed by atoms with van der Waals surface area (Å²) in [5.74, 6) is -0.309. The molecule has 0 bridgehead atoms. The normalized spacial score (nSPS) is 15.4. The highest BCUT2D eigenvalue weighted by Gasteiger charge is 2.23. The molecular weight excluding hydrogens is 279 g/mol. The number of rotatable bonds is 2. The van der Waals surface area contributed by atoms with Gasteiger partial charge in [0.15, 0.2) is 5.69 Å². The molecule has 0 unspecified atom stereocenters. The summed E-state index contributed by atoms with van der Waals surface area (Å²) in [5, 5.41) is 5.46. The van der Waals surface area contributed by atoms with Crippen LogP contribution < -0.4 is 4.90 Å². The van der Waals surface area contributed by atoms with Crippen molar-refractivity contribution in [1.82, 2.24) is 14.5 Å². The summed E-state index contributed by atoms with van der Waals surface area (Å²) in [6, 6.07) is 6.43. The van der Waals surface area contributed by atoms with Crippen LogP contribution in [-0.2, 0) is 0 Å². The Kier molecular flexibility index (Phi) is 3.60. The summed E-state index contributed by atoms with van der Waals surface area (Å²) in [6.07, 6.45) is 0. The van der Waals surface area contributed by atoms with E-state index >= 15 is 0 Å². The average molecular weight is 292 g/mol. The first-order valence-corrected chi connectivity index (χ1v) is 7.14. The Morgan fingerprint density at radius 2 is 1.85 bits per heavy atom. The molecule has 5 nitrogen and oxygen atoms in total. The van der Waals surface area contributed by atoms with Gasteiger partial charge in [0.05, 0.1) is 0 Å². The van der Waals surface area contributed by atoms with Gasteiger partial charge in [-0.25, -0.2) is 4.39 Å². The standard InChI is InChI=1S/C13H13FN4OS/c14-10-1-3-11(4-2-10)17-5-7-18(8-6-17)13(19)12-9-20-16-15-12/h1-4,9H,5-8H2. The molecule has 104 valence electrons. The van der Waals surface area contributed by atoms with Crippen LogP contribution in [0, 0.1) is 5.82 Å². The van der Waals surface area contributed by atoms with E-state index in [9.17, 15) is 9.18 Å². The van der Waals surface area contributed by atoms with Crippen LogP contribution in [0.1, 0.15) is 10.5 Å². The molecule has 2 aromatic rings. The van der Waals surface area contributed by atoms with Crippen LogP contribution in [0.4, 0.5) is 10.1 Å². The second kappa shape index (κ2) is 5.54. The van der Waals surface area contributed by atoms with Crippen LogP contribution >= 0.6 is 11.5 Å². The van der Waals surface area contributed by atoms with E-state index in [1.165, 1.54) is 23.7 Å². The number of aromatic nitrogens is 2. The lowest BCUT2D eigenvalue weighted by Gasteiger charge is -2.35. The summed E-state index contributed by atoms with van der Waals surface area (Å²) in [7, 11) is 0. The molecule has 1 aromatic heterocycles. The second-order valence-electron chi connectivity index (χ2n) is 4.55. The summed E-state index contributed by atoms with van der Waals surface area (Å²) in [4.78, 5) is 16.0. The number of nitrogens with zero attached hydrogens (tertiary/aromatic N) is 4. The summed E-state index contributed by atoms with van der Waals surface area (Å²) >= 11 is 1.18. The SMILES string of the molecule is O=C(c1csnn1)N1CCN(c2ccc(F)cc2)CC1. The fourth-order valence-electron chi connectivity index (χ4n) is 2.24. The van der Waals surface area contributed by atoms with E-state index in [1.807, 2.05) is 0 Å². The zero-order valence-electron chi connectivity index (χ0n) is 10.7. The Labute approximate surface area is 119 Å². The summed E-state index contributed by atoms with van der Waals surface area (Å²) in [5.41, 5.74) is 1.39. The molecule has 0 atom stereocenters. The quantitative estimate of drug-likeness (QED) is 0.844. The Hall–Kier alpha value is -2.02. The van der Waals surface area contributed by atoms with Gasteiger partial charge in [-0.1, -0.05) is 4.49 Å². The lowest BCUT2D eigenvalue weighted by atomic mass is 10.2. The monoisotopic (exact) mass is 292 g/mol. The van der Waals surface area contributed by atoms with E-state index < -0.39 is 0 Å². The molecular formula is C13H13FN4OS. The molecule has 1 aliphatic heterocycles. The molecule has 20 heavy (non-hydrogen) atoms. The maximum absolute atomic E-state index is 12.9. The topological polar surface area (TPSA) is 49.3 Å². The van der Waals surface area contributed by atoms with Gasteiger partial charge in [0.25, 0.3) is 5.91 Å². The number of hydrogen-bond donors (Lipinski definition) is 0. The fraction of sp³-hybridized carbons (Fsp3) is 0.308. The zero-order chi connectivity index (χ0) is 13.9. The number of carbonyl (C=O) groups excluding carboxylic acids is 1. The molecule has 3 rings (SSSR count). The van der Waals surface area contributed by atoms with E-state index in [-0.39, 0.29) is 11.7 Å². The van der Waals surface area contributed by atoms with Crippen LogP contribution in [0.15, 0.2) is 29.6 Å². The number of anilines is 1. The lowest BCUT2D eigenvalue weighted by molar-refractivity contribution is 0.0741. The average Bonchev–Trinajstić information content (AvgIpc) is 3.02. The van der Waals surface area contributed by atoms with Crippen LogP contribution in [0.2, 0.25) is 0 Å². The van der Waals surface area contributed by atoms with E-state index in [2.05, 4.69) is 14.5 Å². The first kappa shape index (κ1) is 13.0. The number of amides is 1. The van der Waals surface area contributed by atoms with Gasteiger partial charge in [-0.05, 0) is 35.8 Å². The highest BCUT2D eigenvalue weighted by Crippen LogP contribution is 2.17. The Balaban J connectivity index is 1.62. The van der Waals surface area contributed by atoms with E-state index in [0.29, 0.717) is 18.8 Å². The van der Waals surface area contributed by atoms with Gasteiger partial charge in [0, 0.05) is 37.2 Å². The van der Waals surface area contributed by atoms with Gasteiger partial charge in [-0.2, -0.15) is 0 Å². The van der Waals surface area contributed by atoms with Crippen LogP contribution in [-0.4, -0.2) is 46.6 Å². The smallest absolute Gasteiger partial charge is 0.275 e. The molecule has 0 spiro atoms. The molecule has 1 fully saturated rings. The van der Waals surface area contributed by atoms with E-state index in [1.54, 1.807) is 22.4 Å². The van der Waals surface area contributed by atoms with Gasteiger partial charge in [-0.15, -0.1) is 5.10 Å². The molecule has 1 aromatic carbocycles. The molecule has 1 aliphatic rings. The third kappa shape index (κ3) is 2.62. The predicted octanol–water partition coefficient (Wildman–Crippen LogP) is 1.64. The Bertz CT molecular complexity index is 579. The number of benzene rings is 1. The van der Waals surface area contributed by atoms with Crippen molar-refractivity contribution < 1.29 is 9.18 Å². The number of carbonyl (C=O) groups is 1. The molecule has 0 radical (unpaired) electrons. The molecule has 2 heterocycles. The largest absolute Gasteiger partial charge is 0.368 e. The first-order valence-electron chi connectivity index (χ1n) is 6.31. The molecule has 1 amide bonds. The van der Waals surface area contributed by atoms with Crippen molar-refractivity contribution in [3.05, 3.63) is 41.2 Å². The van der Waals surface area contributed by atoms with Gasteiger partial charge in [0.2, 0.25) is 0 Å². The van der Waals surface area contributed by atoms with Crippen molar-refractivity contribution in [1.29, 1.82) is 0 Å². The van der Waals surface area contributed by atoms with Gasteiger partial charge in [-0.3, -0.25) is 4.79 Å². The minimum Gasteiger partial charge on any atom is -0.368 e.